The van der Waals surface area contributed by atoms with Crippen LogP contribution < -0.4 is 10.6 Å². The smallest absolute Gasteiger partial charge is 0.224 e. The molecule has 0 radical (unpaired) electrons. The lowest BCUT2D eigenvalue weighted by atomic mass is 10.2. The van der Waals surface area contributed by atoms with Crippen LogP contribution in [-0.4, -0.2) is 22.0 Å². The molecule has 0 aliphatic heterocycles. The van der Waals surface area contributed by atoms with Gasteiger partial charge in [0.2, 0.25) is 5.95 Å². The summed E-state index contributed by atoms with van der Waals surface area (Å²) >= 11 is 0. The third kappa shape index (κ3) is 3.39. The number of hydrogen-bond donors (Lipinski definition) is 2. The molecule has 2 N–H and O–H groups in total. The molecule has 0 saturated heterocycles. The Morgan fingerprint density at radius 2 is 1.70 bits per heavy atom. The largest absolute Gasteiger partial charge is 0.357 e. The van der Waals surface area contributed by atoms with Crippen LogP contribution in [0, 0.1) is 11.6 Å². The minimum Gasteiger partial charge on any atom is -0.357 e. The van der Waals surface area contributed by atoms with Crippen molar-refractivity contribution < 1.29 is 8.78 Å². The molecular weight excluding hydrogens is 300 g/mol. The summed E-state index contributed by atoms with van der Waals surface area (Å²) in [6.07, 6.45) is 3.33. The zero-order chi connectivity index (χ0) is 16.2. The first-order valence-corrected chi connectivity index (χ1v) is 6.85. The second-order valence-corrected chi connectivity index (χ2v) is 4.70. The van der Waals surface area contributed by atoms with Gasteiger partial charge in [-0.3, -0.25) is 4.98 Å². The number of nitrogens with zero attached hydrogens (tertiary/aromatic N) is 3. The number of hydrogen-bond acceptors (Lipinski definition) is 5. The number of anilines is 3. The lowest BCUT2D eigenvalue weighted by Crippen LogP contribution is -2.02. The molecule has 3 rings (SSSR count). The van der Waals surface area contributed by atoms with Gasteiger partial charge in [0.1, 0.15) is 5.82 Å². The van der Waals surface area contributed by atoms with Crippen LogP contribution in [0.1, 0.15) is 0 Å². The molecule has 0 bridgehead atoms. The van der Waals surface area contributed by atoms with Gasteiger partial charge < -0.3 is 10.6 Å². The molecule has 0 aliphatic carbocycles. The average molecular weight is 313 g/mol. The van der Waals surface area contributed by atoms with Gasteiger partial charge in [-0.05, 0) is 24.3 Å². The molecule has 0 unspecified atom stereocenters. The van der Waals surface area contributed by atoms with Crippen molar-refractivity contribution in [2.24, 2.45) is 0 Å². The Hall–Kier alpha value is -3.09. The summed E-state index contributed by atoms with van der Waals surface area (Å²) in [6.45, 7) is 0. The van der Waals surface area contributed by atoms with Gasteiger partial charge >= 0.3 is 0 Å². The first kappa shape index (κ1) is 14.8. The molecule has 1 aromatic carbocycles. The van der Waals surface area contributed by atoms with Crippen molar-refractivity contribution in [1.29, 1.82) is 0 Å². The van der Waals surface area contributed by atoms with E-state index in [0.29, 0.717) is 23.1 Å². The second kappa shape index (κ2) is 6.35. The molecule has 2 heterocycles. The topological polar surface area (TPSA) is 62.7 Å². The van der Waals surface area contributed by atoms with Crippen LogP contribution in [0.25, 0.3) is 11.3 Å². The van der Waals surface area contributed by atoms with Gasteiger partial charge in [-0.25, -0.2) is 13.8 Å². The van der Waals surface area contributed by atoms with Crippen LogP contribution in [0.15, 0.2) is 48.8 Å². The molecule has 7 heteroatoms. The second-order valence-electron chi connectivity index (χ2n) is 4.70. The summed E-state index contributed by atoms with van der Waals surface area (Å²) in [5.74, 6) is -0.953. The predicted octanol–water partition coefficient (Wildman–Crippen LogP) is 3.60. The predicted molar refractivity (Wildman–Crippen MR) is 84.5 cm³/mol. The van der Waals surface area contributed by atoms with Gasteiger partial charge in [0, 0.05) is 42.8 Å². The number of benzene rings is 1. The van der Waals surface area contributed by atoms with Crippen molar-refractivity contribution in [3.63, 3.8) is 0 Å². The molecule has 116 valence electrons. The summed E-state index contributed by atoms with van der Waals surface area (Å²) in [7, 11) is 1.70. The summed E-state index contributed by atoms with van der Waals surface area (Å²) in [6, 6.07) is 8.93. The zero-order valence-corrected chi connectivity index (χ0v) is 12.2. The molecule has 0 fully saturated rings. The lowest BCUT2D eigenvalue weighted by molar-refractivity contribution is 0.509. The van der Waals surface area contributed by atoms with Crippen LogP contribution >= 0.6 is 0 Å². The molecule has 3 aromatic rings. The Labute approximate surface area is 131 Å². The van der Waals surface area contributed by atoms with E-state index >= 15 is 0 Å². The van der Waals surface area contributed by atoms with Crippen molar-refractivity contribution in [2.75, 3.05) is 17.7 Å². The fraction of sp³-hybridized carbons (Fsp3) is 0.0625. The maximum Gasteiger partial charge on any atom is 0.224 e. The van der Waals surface area contributed by atoms with Gasteiger partial charge in [-0.2, -0.15) is 4.98 Å². The molecule has 0 aliphatic rings. The average Bonchev–Trinajstić information content (AvgIpc) is 2.58. The van der Waals surface area contributed by atoms with Crippen molar-refractivity contribution in [2.45, 2.75) is 0 Å². The molecule has 0 saturated carbocycles. The summed E-state index contributed by atoms with van der Waals surface area (Å²) < 4.78 is 26.3. The number of nitrogens with one attached hydrogen (secondary N) is 2. The van der Waals surface area contributed by atoms with Crippen LogP contribution in [0.5, 0.6) is 0 Å². The summed E-state index contributed by atoms with van der Waals surface area (Å²) in [4.78, 5) is 12.6. The van der Waals surface area contributed by atoms with Crippen molar-refractivity contribution in [1.82, 2.24) is 15.0 Å². The molecule has 23 heavy (non-hydrogen) atoms. The summed E-state index contributed by atoms with van der Waals surface area (Å²) in [5, 5.41) is 5.82. The highest BCUT2D eigenvalue weighted by Crippen LogP contribution is 2.23. The Morgan fingerprint density at radius 1 is 0.913 bits per heavy atom. The fourth-order valence-electron chi connectivity index (χ4n) is 2.02. The molecular formula is C16H13F2N5. The molecule has 0 spiro atoms. The van der Waals surface area contributed by atoms with Crippen molar-refractivity contribution in [3.05, 3.63) is 60.4 Å². The Morgan fingerprint density at radius 3 is 2.39 bits per heavy atom. The van der Waals surface area contributed by atoms with E-state index < -0.39 is 11.6 Å². The van der Waals surface area contributed by atoms with E-state index in [1.807, 2.05) is 12.1 Å². The SMILES string of the molecule is CNc1nc(Nc2ccc(F)c(F)c2)cc(-c2ccncc2)n1. The van der Waals surface area contributed by atoms with Crippen LogP contribution in [0.3, 0.4) is 0 Å². The first-order valence-electron chi connectivity index (χ1n) is 6.85. The Balaban J connectivity index is 1.97. The quantitative estimate of drug-likeness (QED) is 0.770. The highest BCUT2D eigenvalue weighted by molar-refractivity contribution is 5.67. The minimum absolute atomic E-state index is 0.394. The minimum atomic E-state index is -0.924. The van der Waals surface area contributed by atoms with Crippen LogP contribution in [-0.2, 0) is 0 Å². The lowest BCUT2D eigenvalue weighted by Gasteiger charge is -2.10. The monoisotopic (exact) mass is 313 g/mol. The van der Waals surface area contributed by atoms with Crippen LogP contribution in [0.2, 0.25) is 0 Å². The highest BCUT2D eigenvalue weighted by Gasteiger charge is 2.08. The number of pyridine rings is 1. The summed E-state index contributed by atoms with van der Waals surface area (Å²) in [5.41, 5.74) is 1.94. The van der Waals surface area contributed by atoms with Crippen LogP contribution in [0.4, 0.5) is 26.2 Å². The maximum absolute atomic E-state index is 13.3. The zero-order valence-electron chi connectivity index (χ0n) is 12.2. The van der Waals surface area contributed by atoms with Gasteiger partial charge in [0.15, 0.2) is 11.6 Å². The van der Waals surface area contributed by atoms with E-state index in [-0.39, 0.29) is 0 Å². The molecule has 2 aromatic heterocycles. The molecule has 0 amide bonds. The van der Waals surface area contributed by atoms with E-state index in [1.54, 1.807) is 25.5 Å². The normalized spacial score (nSPS) is 10.4. The van der Waals surface area contributed by atoms with Crippen molar-refractivity contribution in [3.8, 4) is 11.3 Å². The van der Waals surface area contributed by atoms with Gasteiger partial charge in [-0.15, -0.1) is 0 Å². The number of aromatic nitrogens is 3. The standard InChI is InChI=1S/C16H13F2N5/c1-19-16-22-14(10-4-6-20-7-5-10)9-15(23-16)21-11-2-3-12(17)13(18)8-11/h2-9H,1H3,(H2,19,21,22,23). The number of halogens is 2. The number of rotatable bonds is 4. The van der Waals surface area contributed by atoms with E-state index in [1.165, 1.54) is 6.07 Å². The molecule has 5 nitrogen and oxygen atoms in total. The van der Waals surface area contributed by atoms with E-state index in [4.69, 9.17) is 0 Å². The highest BCUT2D eigenvalue weighted by atomic mass is 19.2. The molecule has 0 atom stereocenters. The Bertz CT molecular complexity index is 824. The third-order valence-corrected chi connectivity index (χ3v) is 3.12. The Kier molecular flexibility index (Phi) is 4.09. The maximum atomic E-state index is 13.3. The van der Waals surface area contributed by atoms with E-state index in [9.17, 15) is 8.78 Å². The fourth-order valence-corrected chi connectivity index (χ4v) is 2.02. The van der Waals surface area contributed by atoms with Crippen molar-refractivity contribution >= 4 is 17.5 Å². The van der Waals surface area contributed by atoms with Gasteiger partial charge in [-0.1, -0.05) is 0 Å². The third-order valence-electron chi connectivity index (χ3n) is 3.12. The van der Waals surface area contributed by atoms with E-state index in [2.05, 4.69) is 25.6 Å². The van der Waals surface area contributed by atoms with E-state index in [0.717, 1.165) is 17.7 Å². The first-order chi connectivity index (χ1) is 11.2. The van der Waals surface area contributed by atoms with Gasteiger partial charge in [0.05, 0.1) is 5.69 Å². The van der Waals surface area contributed by atoms with Gasteiger partial charge in [0.25, 0.3) is 0 Å².